The molecule has 0 radical (unpaired) electrons. The molecule has 0 atom stereocenters. The summed E-state index contributed by atoms with van der Waals surface area (Å²) in [7, 11) is 0. The van der Waals surface area contributed by atoms with Gasteiger partial charge in [0.2, 0.25) is 5.52 Å². The summed E-state index contributed by atoms with van der Waals surface area (Å²) < 4.78 is 7.31. The summed E-state index contributed by atoms with van der Waals surface area (Å²) in [6.45, 7) is 1.95. The van der Waals surface area contributed by atoms with Crippen LogP contribution in [-0.2, 0) is 13.1 Å². The van der Waals surface area contributed by atoms with Gasteiger partial charge >= 0.3 is 5.65 Å². The maximum Gasteiger partial charge on any atom is 0.302 e. The van der Waals surface area contributed by atoms with Gasteiger partial charge in [0.05, 0.1) is 0 Å². The molecule has 2 aliphatic rings. The van der Waals surface area contributed by atoms with Crippen molar-refractivity contribution in [2.24, 2.45) is 0 Å². The Labute approximate surface area is 144 Å². The fourth-order valence-corrected chi connectivity index (χ4v) is 4.90. The minimum atomic E-state index is 0.957. The molecule has 0 saturated carbocycles. The van der Waals surface area contributed by atoms with Crippen molar-refractivity contribution in [3.05, 3.63) is 78.1 Å². The van der Waals surface area contributed by atoms with Crippen molar-refractivity contribution in [1.82, 2.24) is 4.57 Å². The summed E-state index contributed by atoms with van der Waals surface area (Å²) in [6, 6.07) is 19.8. The highest BCUT2D eigenvalue weighted by Crippen LogP contribution is 2.38. The van der Waals surface area contributed by atoms with Crippen LogP contribution in [0.1, 0.15) is 11.1 Å². The minimum absolute atomic E-state index is 0.957. The van der Waals surface area contributed by atoms with E-state index in [0.717, 1.165) is 13.1 Å². The van der Waals surface area contributed by atoms with E-state index in [1.165, 1.54) is 49.8 Å². The lowest BCUT2D eigenvalue weighted by Gasteiger charge is -1.99. The zero-order valence-corrected chi connectivity index (χ0v) is 13.6. The molecule has 116 valence electrons. The van der Waals surface area contributed by atoms with E-state index in [-0.39, 0.29) is 0 Å². The Bertz CT molecular complexity index is 1380. The first-order valence-electron chi connectivity index (χ1n) is 8.79. The molecule has 0 unspecified atom stereocenters. The summed E-state index contributed by atoms with van der Waals surface area (Å²) in [4.78, 5) is 0. The van der Waals surface area contributed by atoms with Crippen LogP contribution in [0.5, 0.6) is 0 Å². The largest absolute Gasteiger partial charge is 0.302 e. The smallest absolute Gasteiger partial charge is 0.218 e. The quantitative estimate of drug-likeness (QED) is 0.325. The number of aromatic nitrogens is 3. The monoisotopic (exact) mass is 321 g/mol. The second kappa shape index (κ2) is 3.89. The molecule has 3 aromatic heterocycles. The number of pyridine rings is 2. The maximum atomic E-state index is 2.48. The molecule has 2 aliphatic heterocycles. The Morgan fingerprint density at radius 3 is 2.68 bits per heavy atom. The predicted octanol–water partition coefficient (Wildman–Crippen LogP) is 3.21. The number of rotatable bonds is 1. The van der Waals surface area contributed by atoms with E-state index >= 15 is 0 Å². The molecule has 5 aromatic rings. The maximum absolute atomic E-state index is 2.48. The molecule has 0 amide bonds. The first-order valence-corrected chi connectivity index (χ1v) is 8.79. The van der Waals surface area contributed by atoms with E-state index in [1.54, 1.807) is 0 Å². The first kappa shape index (κ1) is 12.2. The second-order valence-corrected chi connectivity index (χ2v) is 7.16. The average Bonchev–Trinajstić information content (AvgIpc) is 3.32. The van der Waals surface area contributed by atoms with Gasteiger partial charge in [-0.1, -0.05) is 42.5 Å². The third kappa shape index (κ3) is 1.28. The lowest BCUT2D eigenvalue weighted by atomic mass is 10.1. The van der Waals surface area contributed by atoms with Crippen LogP contribution < -0.4 is 8.97 Å². The van der Waals surface area contributed by atoms with Crippen molar-refractivity contribution < 1.29 is 8.97 Å². The molecule has 0 spiro atoms. The second-order valence-electron chi connectivity index (χ2n) is 7.16. The van der Waals surface area contributed by atoms with Crippen LogP contribution in [0.4, 0.5) is 0 Å². The topological polar surface area (TPSA) is 12.9 Å². The third-order valence-electron chi connectivity index (χ3n) is 5.91. The molecular weight excluding hydrogens is 306 g/mol. The number of hydrogen-bond acceptors (Lipinski definition) is 0. The molecule has 3 heteroatoms. The van der Waals surface area contributed by atoms with Crippen LogP contribution in [0.3, 0.4) is 0 Å². The number of fused-ring (bicyclic) bond motifs is 1. The Morgan fingerprint density at radius 1 is 0.840 bits per heavy atom. The molecule has 5 heterocycles. The number of imidazole rings is 1. The fourth-order valence-electron chi connectivity index (χ4n) is 4.90. The zero-order valence-electron chi connectivity index (χ0n) is 13.6. The van der Waals surface area contributed by atoms with Crippen LogP contribution in [0, 0.1) is 0 Å². The van der Waals surface area contributed by atoms with Crippen molar-refractivity contribution >= 4 is 27.5 Å². The van der Waals surface area contributed by atoms with Gasteiger partial charge in [0.1, 0.15) is 29.0 Å². The van der Waals surface area contributed by atoms with Gasteiger partial charge in [0.15, 0.2) is 18.4 Å². The lowest BCUT2D eigenvalue weighted by molar-refractivity contribution is -0.658. The van der Waals surface area contributed by atoms with Gasteiger partial charge in [-0.15, -0.1) is 0 Å². The third-order valence-corrected chi connectivity index (χ3v) is 5.91. The molecule has 0 fully saturated rings. The van der Waals surface area contributed by atoms with Crippen LogP contribution >= 0.6 is 0 Å². The normalized spacial score (nSPS) is 14.1. The van der Waals surface area contributed by atoms with E-state index in [0.29, 0.717) is 0 Å². The lowest BCUT2D eigenvalue weighted by Crippen LogP contribution is -2.31. The molecule has 0 saturated heterocycles. The SMILES string of the molecule is c1ccc(-c2c[n+]3c4cccc5c4c4c6c(cc[n+]4C5)Cn2c63)cc1. The summed E-state index contributed by atoms with van der Waals surface area (Å²) in [5.41, 5.74) is 9.52. The van der Waals surface area contributed by atoms with E-state index in [1.807, 2.05) is 0 Å². The molecule has 0 bridgehead atoms. The van der Waals surface area contributed by atoms with E-state index in [4.69, 9.17) is 0 Å². The van der Waals surface area contributed by atoms with Crippen molar-refractivity contribution in [1.29, 1.82) is 0 Å². The summed E-state index contributed by atoms with van der Waals surface area (Å²) >= 11 is 0. The van der Waals surface area contributed by atoms with Gasteiger partial charge in [-0.2, -0.15) is 8.97 Å². The fraction of sp³-hybridized carbons (Fsp3) is 0.0909. The van der Waals surface area contributed by atoms with Gasteiger partial charge < -0.3 is 0 Å². The van der Waals surface area contributed by atoms with Gasteiger partial charge in [-0.05, 0) is 6.07 Å². The average molecular weight is 321 g/mol. The summed E-state index contributed by atoms with van der Waals surface area (Å²) in [5, 5.41) is 2.86. The highest BCUT2D eigenvalue weighted by atomic mass is 15.1. The van der Waals surface area contributed by atoms with E-state index < -0.39 is 0 Å². The molecular formula is C22H15N3+2. The van der Waals surface area contributed by atoms with Gasteiger partial charge in [0, 0.05) is 22.8 Å². The van der Waals surface area contributed by atoms with Crippen LogP contribution in [0.2, 0.25) is 0 Å². The molecule has 3 nitrogen and oxygen atoms in total. The minimum Gasteiger partial charge on any atom is -0.218 e. The highest BCUT2D eigenvalue weighted by molar-refractivity contribution is 6.09. The molecule has 2 aromatic carbocycles. The highest BCUT2D eigenvalue weighted by Gasteiger charge is 2.38. The van der Waals surface area contributed by atoms with Gasteiger partial charge in [-0.25, -0.2) is 4.57 Å². The van der Waals surface area contributed by atoms with E-state index in [9.17, 15) is 0 Å². The van der Waals surface area contributed by atoms with Gasteiger partial charge in [-0.3, -0.25) is 0 Å². The van der Waals surface area contributed by atoms with Gasteiger partial charge in [0.25, 0.3) is 0 Å². The van der Waals surface area contributed by atoms with Crippen molar-refractivity contribution in [2.45, 2.75) is 13.1 Å². The number of benzene rings is 2. The van der Waals surface area contributed by atoms with Crippen LogP contribution in [0.15, 0.2) is 67.0 Å². The predicted molar refractivity (Wildman–Crippen MR) is 96.4 cm³/mol. The Balaban J connectivity index is 1.78. The Hall–Kier alpha value is -3.20. The molecule has 0 N–H and O–H groups in total. The van der Waals surface area contributed by atoms with Crippen LogP contribution in [0.25, 0.3) is 38.7 Å². The molecule has 7 rings (SSSR count). The zero-order chi connectivity index (χ0) is 16.1. The standard InChI is InChI=1S/C22H15N3/c1-2-5-14(6-3-1)18-13-25-17-8-4-7-15-11-23-10-9-16-12-24(18)22(25)20(16)21(23)19(15)17/h1-10,13H,11-12H2/q+2. The Kier molecular flexibility index (Phi) is 1.90. The van der Waals surface area contributed by atoms with Crippen molar-refractivity contribution in [2.75, 3.05) is 0 Å². The molecule has 0 aliphatic carbocycles. The van der Waals surface area contributed by atoms with Crippen molar-refractivity contribution in [3.8, 4) is 11.3 Å². The van der Waals surface area contributed by atoms with Crippen LogP contribution in [-0.4, -0.2) is 4.57 Å². The summed E-state index contributed by atoms with van der Waals surface area (Å²) in [5.74, 6) is 0. The number of nitrogens with zero attached hydrogens (tertiary/aromatic N) is 3. The Morgan fingerprint density at radius 2 is 1.76 bits per heavy atom. The summed E-state index contributed by atoms with van der Waals surface area (Å²) in [6.07, 6.45) is 4.59. The molecule has 25 heavy (non-hydrogen) atoms. The van der Waals surface area contributed by atoms with Crippen molar-refractivity contribution in [3.63, 3.8) is 0 Å². The number of hydrogen-bond donors (Lipinski definition) is 0. The first-order chi connectivity index (χ1) is 12.4. The van der Waals surface area contributed by atoms with E-state index in [2.05, 4.69) is 80.5 Å².